The maximum atomic E-state index is 11.1. The molecule has 0 atom stereocenters. The first-order valence-electron chi connectivity index (χ1n) is 4.22. The maximum Gasteiger partial charge on any atom is 0.333 e. The molecule has 0 aromatic carbocycles. The average Bonchev–Trinajstić information content (AvgIpc) is 1.98. The van der Waals surface area contributed by atoms with Crippen molar-refractivity contribution in [2.24, 2.45) is 5.92 Å². The zero-order valence-electron chi connectivity index (χ0n) is 8.31. The largest absolute Gasteiger partial charge is 0.451 e. The quantitative estimate of drug-likeness (QED) is 0.477. The number of ether oxygens (including phenoxy) is 1. The second-order valence-corrected chi connectivity index (χ2v) is 3.14. The van der Waals surface area contributed by atoms with Gasteiger partial charge in [0.2, 0.25) is 0 Å². The topological polar surface area (TPSA) is 26.3 Å². The number of hydrogen-bond acceptors (Lipinski definition) is 2. The van der Waals surface area contributed by atoms with Crippen LogP contribution in [0.5, 0.6) is 0 Å². The van der Waals surface area contributed by atoms with Crippen LogP contribution in [0.2, 0.25) is 0 Å². The van der Waals surface area contributed by atoms with Crippen LogP contribution in [-0.4, -0.2) is 5.97 Å². The Kier molecular flexibility index (Phi) is 4.64. The molecule has 12 heavy (non-hydrogen) atoms. The molecule has 0 N–H and O–H groups in total. The molecule has 1 radical (unpaired) electrons. The Labute approximate surface area is 74.6 Å². The highest BCUT2D eigenvalue weighted by atomic mass is 16.5. The van der Waals surface area contributed by atoms with Gasteiger partial charge in [0.25, 0.3) is 0 Å². The monoisotopic (exact) mass is 169 g/mol. The number of esters is 1. The number of hydrogen-bond donors (Lipinski definition) is 0. The zero-order chi connectivity index (χ0) is 9.72. The van der Waals surface area contributed by atoms with Gasteiger partial charge in [0.05, 0.1) is 0 Å². The number of carbonyl (C=O) groups is 1. The van der Waals surface area contributed by atoms with Crippen LogP contribution in [0.15, 0.2) is 12.2 Å². The van der Waals surface area contributed by atoms with Gasteiger partial charge in [-0.3, -0.25) is 0 Å². The van der Waals surface area contributed by atoms with Gasteiger partial charge < -0.3 is 4.74 Å². The van der Waals surface area contributed by atoms with Crippen LogP contribution >= 0.6 is 0 Å². The summed E-state index contributed by atoms with van der Waals surface area (Å²) < 4.78 is 5.10. The fourth-order valence-corrected chi connectivity index (χ4v) is 0.804. The summed E-state index contributed by atoms with van der Waals surface area (Å²) in [4.78, 5) is 11.1. The summed E-state index contributed by atoms with van der Waals surface area (Å²) in [6.45, 7) is 11.1. The first-order valence-corrected chi connectivity index (χ1v) is 4.22. The van der Waals surface area contributed by atoms with Crippen molar-refractivity contribution in [3.8, 4) is 0 Å². The van der Waals surface area contributed by atoms with Crippen LogP contribution in [0.4, 0.5) is 0 Å². The molecule has 0 aromatic heterocycles. The van der Waals surface area contributed by atoms with Gasteiger partial charge in [-0.1, -0.05) is 27.4 Å². The first-order chi connectivity index (χ1) is 5.49. The molecule has 0 bridgehead atoms. The van der Waals surface area contributed by atoms with Gasteiger partial charge in [-0.25, -0.2) is 4.79 Å². The molecule has 0 aliphatic heterocycles. The molecule has 69 valence electrons. The molecule has 0 aliphatic carbocycles. The molecule has 0 fully saturated rings. The molecule has 0 saturated carbocycles. The van der Waals surface area contributed by atoms with E-state index in [9.17, 15) is 4.79 Å². The highest BCUT2D eigenvalue weighted by Crippen LogP contribution is 2.19. The molecule has 0 aromatic rings. The molecule has 0 amide bonds. The van der Waals surface area contributed by atoms with E-state index < -0.39 is 0 Å². The lowest BCUT2D eigenvalue weighted by Gasteiger charge is -2.17. The Balaban J connectivity index is 4.03. The summed E-state index contributed by atoms with van der Waals surface area (Å²) >= 11 is 0. The van der Waals surface area contributed by atoms with Gasteiger partial charge in [0.15, 0.2) is 6.10 Å². The standard InChI is InChI=1S/C10H17O2/c1-6-9(7(2)3)12-10(11)8(4)5/h7H,4,6H2,1-3,5H3. The fourth-order valence-electron chi connectivity index (χ4n) is 0.804. The van der Waals surface area contributed by atoms with Crippen molar-refractivity contribution in [2.45, 2.75) is 34.1 Å². The van der Waals surface area contributed by atoms with Gasteiger partial charge in [-0.15, -0.1) is 0 Å². The van der Waals surface area contributed by atoms with Crippen LogP contribution in [0.25, 0.3) is 0 Å². The van der Waals surface area contributed by atoms with E-state index in [1.165, 1.54) is 0 Å². The molecular formula is C10H17O2. The predicted octanol–water partition coefficient (Wildman–Crippen LogP) is 2.70. The van der Waals surface area contributed by atoms with Crippen molar-refractivity contribution < 1.29 is 9.53 Å². The molecule has 0 spiro atoms. The molecule has 0 heterocycles. The van der Waals surface area contributed by atoms with Crippen molar-refractivity contribution in [1.82, 2.24) is 0 Å². The highest BCUT2D eigenvalue weighted by molar-refractivity contribution is 5.87. The van der Waals surface area contributed by atoms with E-state index in [1.807, 2.05) is 20.8 Å². The van der Waals surface area contributed by atoms with E-state index in [0.717, 1.165) is 12.5 Å². The number of rotatable bonds is 4. The van der Waals surface area contributed by atoms with Crippen molar-refractivity contribution in [2.75, 3.05) is 0 Å². The summed E-state index contributed by atoms with van der Waals surface area (Å²) in [6.07, 6.45) is 1.60. The lowest BCUT2D eigenvalue weighted by molar-refractivity contribution is -0.139. The summed E-state index contributed by atoms with van der Waals surface area (Å²) in [7, 11) is 0. The van der Waals surface area contributed by atoms with Crippen molar-refractivity contribution in [3.05, 3.63) is 18.3 Å². The molecule has 2 nitrogen and oxygen atoms in total. The molecule has 0 saturated heterocycles. The minimum atomic E-state index is -0.319. The van der Waals surface area contributed by atoms with Gasteiger partial charge in [0.1, 0.15) is 0 Å². The normalized spacial score (nSPS) is 10.5. The summed E-state index contributed by atoms with van der Waals surface area (Å²) in [5.74, 6) is -0.0288. The lowest BCUT2D eigenvalue weighted by Crippen LogP contribution is -2.15. The van der Waals surface area contributed by atoms with Crippen LogP contribution < -0.4 is 0 Å². The minimum absolute atomic E-state index is 0.290. The molecular weight excluding hydrogens is 152 g/mol. The van der Waals surface area contributed by atoms with Gasteiger partial charge >= 0.3 is 5.97 Å². The zero-order valence-corrected chi connectivity index (χ0v) is 8.31. The first kappa shape index (κ1) is 11.2. The van der Waals surface area contributed by atoms with E-state index in [0.29, 0.717) is 11.5 Å². The third-order valence-electron chi connectivity index (χ3n) is 1.56. The second kappa shape index (κ2) is 4.96. The van der Waals surface area contributed by atoms with Crippen LogP contribution in [-0.2, 0) is 9.53 Å². The Hall–Kier alpha value is -0.790. The maximum absolute atomic E-state index is 11.1. The molecule has 0 rings (SSSR count). The summed E-state index contributed by atoms with van der Waals surface area (Å²) in [5, 5.41) is 0. The van der Waals surface area contributed by atoms with Crippen molar-refractivity contribution >= 4 is 5.97 Å². The Morgan fingerprint density at radius 1 is 1.50 bits per heavy atom. The Bertz CT molecular complexity index is 171. The van der Waals surface area contributed by atoms with E-state index >= 15 is 0 Å². The van der Waals surface area contributed by atoms with Gasteiger partial charge in [0, 0.05) is 5.57 Å². The van der Waals surface area contributed by atoms with Crippen molar-refractivity contribution in [3.63, 3.8) is 0 Å². The van der Waals surface area contributed by atoms with E-state index in [2.05, 4.69) is 6.58 Å². The highest BCUT2D eigenvalue weighted by Gasteiger charge is 2.17. The van der Waals surface area contributed by atoms with Gasteiger partial charge in [-0.05, 0) is 19.3 Å². The van der Waals surface area contributed by atoms with Gasteiger partial charge in [-0.2, -0.15) is 0 Å². The Morgan fingerprint density at radius 2 is 2.00 bits per heavy atom. The smallest absolute Gasteiger partial charge is 0.333 e. The van der Waals surface area contributed by atoms with Crippen molar-refractivity contribution in [1.29, 1.82) is 0 Å². The lowest BCUT2D eigenvalue weighted by atomic mass is 10.1. The molecule has 0 unspecified atom stereocenters. The predicted molar refractivity (Wildman–Crippen MR) is 49.3 cm³/mol. The summed E-state index contributed by atoms with van der Waals surface area (Å²) in [5.41, 5.74) is 0.446. The summed E-state index contributed by atoms with van der Waals surface area (Å²) in [6, 6.07) is 0. The van der Waals surface area contributed by atoms with Crippen LogP contribution in [0.1, 0.15) is 34.1 Å². The Morgan fingerprint density at radius 3 is 2.25 bits per heavy atom. The van der Waals surface area contributed by atoms with E-state index in [-0.39, 0.29) is 5.97 Å². The number of carbonyl (C=O) groups excluding carboxylic acids is 1. The van der Waals surface area contributed by atoms with Crippen LogP contribution in [0.3, 0.4) is 0 Å². The second-order valence-electron chi connectivity index (χ2n) is 3.14. The minimum Gasteiger partial charge on any atom is -0.451 e. The fraction of sp³-hybridized carbons (Fsp3) is 0.600. The molecule has 2 heteroatoms. The van der Waals surface area contributed by atoms with E-state index in [1.54, 1.807) is 6.92 Å². The molecule has 0 aliphatic rings. The third-order valence-corrected chi connectivity index (χ3v) is 1.56. The SMILES string of the molecule is C=C(C)C(=O)O[C](CC)C(C)C. The van der Waals surface area contributed by atoms with Crippen LogP contribution in [0, 0.1) is 12.0 Å². The third kappa shape index (κ3) is 3.56. The average molecular weight is 169 g/mol. The van der Waals surface area contributed by atoms with E-state index in [4.69, 9.17) is 4.74 Å².